The molecule has 1 aliphatic rings. The number of anilines is 1. The van der Waals surface area contributed by atoms with Crippen molar-refractivity contribution in [3.05, 3.63) is 71.7 Å². The van der Waals surface area contributed by atoms with E-state index in [0.29, 0.717) is 50.8 Å². The zero-order valence-electron chi connectivity index (χ0n) is 26.3. The number of aliphatic hydroxyl groups is 5. The zero-order chi connectivity index (χ0) is 32.9. The summed E-state index contributed by atoms with van der Waals surface area (Å²) in [6.07, 6.45) is 5.95. The largest absolute Gasteiger partial charge is 0.504 e. The molecule has 0 fully saturated rings. The third-order valence-electron chi connectivity index (χ3n) is 8.98. The van der Waals surface area contributed by atoms with E-state index < -0.39 is 36.9 Å². The van der Waals surface area contributed by atoms with Gasteiger partial charge in [0.15, 0.2) is 11.5 Å². The van der Waals surface area contributed by atoms with Crippen LogP contribution in [0.15, 0.2) is 54.9 Å². The number of phenolic OH excluding ortho intramolecular Hbond substituents is 1. The first kappa shape index (κ1) is 35.3. The van der Waals surface area contributed by atoms with Gasteiger partial charge >= 0.3 is 0 Å². The van der Waals surface area contributed by atoms with Crippen molar-refractivity contribution in [2.75, 3.05) is 18.9 Å². The number of aromatic hydroxyl groups is 1. The molecule has 0 saturated carbocycles. The molecule has 250 valence electrons. The summed E-state index contributed by atoms with van der Waals surface area (Å²) in [5, 5.41) is 62.7. The average molecular weight is 636 g/mol. The topological polar surface area (TPSA) is 185 Å². The fourth-order valence-corrected chi connectivity index (χ4v) is 6.25. The van der Waals surface area contributed by atoms with Crippen LogP contribution in [0.25, 0.3) is 0 Å². The number of aryl methyl sites for hydroxylation is 1. The Kier molecular flexibility index (Phi) is 13.7. The average Bonchev–Trinajstić information content (AvgIpc) is 3.57. The van der Waals surface area contributed by atoms with Gasteiger partial charge in [0.25, 0.3) is 0 Å². The number of benzene rings is 1. The lowest BCUT2D eigenvalue weighted by molar-refractivity contribution is -0.00843. The van der Waals surface area contributed by atoms with Crippen molar-refractivity contribution in [3.63, 3.8) is 0 Å². The minimum absolute atomic E-state index is 0.0972. The van der Waals surface area contributed by atoms with Gasteiger partial charge in [-0.2, -0.15) is 0 Å². The van der Waals surface area contributed by atoms with Crippen molar-refractivity contribution in [2.24, 2.45) is 11.8 Å². The number of nitrogen functional groups attached to an aromatic ring is 1. The Labute approximate surface area is 271 Å². The molecule has 0 aliphatic heterocycles. The molecule has 10 nitrogen and oxygen atoms in total. The number of nitrogens with one attached hydrogen (secondary N) is 1. The summed E-state index contributed by atoms with van der Waals surface area (Å²) >= 11 is 0. The van der Waals surface area contributed by atoms with E-state index in [4.69, 9.17) is 10.5 Å². The van der Waals surface area contributed by atoms with E-state index in [1.807, 2.05) is 24.4 Å². The minimum atomic E-state index is -1.22. The van der Waals surface area contributed by atoms with Gasteiger partial charge in [-0.3, -0.25) is 0 Å². The van der Waals surface area contributed by atoms with Crippen LogP contribution in [0.2, 0.25) is 0 Å². The molecule has 0 spiro atoms. The molecule has 0 amide bonds. The number of hydrogen-bond acceptors (Lipinski definition) is 9. The summed E-state index contributed by atoms with van der Waals surface area (Å²) in [6.45, 7) is -0.432. The van der Waals surface area contributed by atoms with Gasteiger partial charge in [0.1, 0.15) is 18.0 Å². The molecule has 7 atom stereocenters. The molecule has 10 heteroatoms. The van der Waals surface area contributed by atoms with Gasteiger partial charge in [0.05, 0.1) is 18.8 Å². The number of aromatic amines is 1. The number of hydrogen-bond donors (Lipinski definition) is 8. The SMILES string of the molecule is Nc1cc([C@@H](Cc2ccc[nH]2)C[C@H](Oc2cc(CC[C@@H](O)[C@H]3CC#C[C@@H](CCO)CCCC[C@@H]3O)ccc2O)[C@H](O)CO)ccn1. The van der Waals surface area contributed by atoms with Crippen molar-refractivity contribution in [2.45, 2.75) is 94.5 Å². The summed E-state index contributed by atoms with van der Waals surface area (Å²) in [4.78, 5) is 7.31. The third kappa shape index (κ3) is 10.5. The number of aromatic nitrogens is 2. The Morgan fingerprint density at radius 1 is 1.09 bits per heavy atom. The highest BCUT2D eigenvalue weighted by Gasteiger charge is 2.29. The first-order chi connectivity index (χ1) is 22.3. The number of nitrogens with zero attached hydrogens (tertiary/aromatic N) is 1. The summed E-state index contributed by atoms with van der Waals surface area (Å²) in [5.74, 6) is 6.40. The lowest BCUT2D eigenvalue weighted by Crippen LogP contribution is -2.36. The Balaban J connectivity index is 1.46. The second-order valence-corrected chi connectivity index (χ2v) is 12.4. The summed E-state index contributed by atoms with van der Waals surface area (Å²) in [5.41, 5.74) is 8.67. The highest BCUT2D eigenvalue weighted by Crippen LogP contribution is 2.34. The molecule has 3 aromatic rings. The van der Waals surface area contributed by atoms with Crippen LogP contribution in [0.3, 0.4) is 0 Å². The lowest BCUT2D eigenvalue weighted by atomic mass is 9.85. The Hall–Kier alpha value is -3.59. The van der Waals surface area contributed by atoms with Crippen LogP contribution in [0.4, 0.5) is 5.82 Å². The van der Waals surface area contributed by atoms with Gasteiger partial charge in [-0.15, -0.1) is 5.92 Å². The fourth-order valence-electron chi connectivity index (χ4n) is 6.25. The van der Waals surface area contributed by atoms with E-state index in [2.05, 4.69) is 21.8 Å². The van der Waals surface area contributed by atoms with Gasteiger partial charge in [0.2, 0.25) is 0 Å². The number of H-pyrrole nitrogens is 1. The minimum Gasteiger partial charge on any atom is -0.504 e. The summed E-state index contributed by atoms with van der Waals surface area (Å²) in [6, 6.07) is 12.5. The lowest BCUT2D eigenvalue weighted by Gasteiger charge is -2.28. The van der Waals surface area contributed by atoms with E-state index in [1.165, 1.54) is 6.07 Å². The third-order valence-corrected chi connectivity index (χ3v) is 8.98. The molecule has 4 rings (SSSR count). The van der Waals surface area contributed by atoms with Crippen LogP contribution in [0, 0.1) is 23.7 Å². The number of phenols is 1. The van der Waals surface area contributed by atoms with Crippen molar-refractivity contribution >= 4 is 5.82 Å². The smallest absolute Gasteiger partial charge is 0.161 e. The van der Waals surface area contributed by atoms with Crippen molar-refractivity contribution < 1.29 is 35.4 Å². The van der Waals surface area contributed by atoms with Crippen LogP contribution in [-0.4, -0.2) is 78.2 Å². The highest BCUT2D eigenvalue weighted by molar-refractivity contribution is 5.42. The Morgan fingerprint density at radius 3 is 2.65 bits per heavy atom. The molecule has 0 bridgehead atoms. The predicted octanol–water partition coefficient (Wildman–Crippen LogP) is 3.45. The number of nitrogens with two attached hydrogens (primary N) is 1. The maximum atomic E-state index is 11.1. The quantitative estimate of drug-likeness (QED) is 0.116. The van der Waals surface area contributed by atoms with Crippen molar-refractivity contribution in [1.29, 1.82) is 0 Å². The second kappa shape index (κ2) is 17.9. The Bertz CT molecular complexity index is 1390. The van der Waals surface area contributed by atoms with E-state index >= 15 is 0 Å². The predicted molar refractivity (Wildman–Crippen MR) is 176 cm³/mol. The second-order valence-electron chi connectivity index (χ2n) is 12.4. The monoisotopic (exact) mass is 635 g/mol. The normalized spacial score (nSPS) is 21.4. The number of rotatable bonds is 15. The summed E-state index contributed by atoms with van der Waals surface area (Å²) in [7, 11) is 0. The van der Waals surface area contributed by atoms with Crippen LogP contribution in [0.1, 0.15) is 74.1 Å². The fraction of sp³-hybridized carbons (Fsp3) is 0.528. The molecule has 1 aromatic carbocycles. The molecule has 2 heterocycles. The Morgan fingerprint density at radius 2 is 1.91 bits per heavy atom. The molecule has 0 radical (unpaired) electrons. The number of pyridine rings is 1. The maximum Gasteiger partial charge on any atom is 0.161 e. The van der Waals surface area contributed by atoms with E-state index in [0.717, 1.165) is 36.1 Å². The molecule has 0 saturated heterocycles. The number of ether oxygens (including phenoxy) is 1. The van der Waals surface area contributed by atoms with Crippen LogP contribution in [-0.2, 0) is 12.8 Å². The first-order valence-corrected chi connectivity index (χ1v) is 16.3. The molecule has 0 unspecified atom stereocenters. The zero-order valence-corrected chi connectivity index (χ0v) is 26.3. The van der Waals surface area contributed by atoms with Crippen molar-refractivity contribution in [1.82, 2.24) is 9.97 Å². The molecular formula is C36H49N3O7. The van der Waals surface area contributed by atoms with Gasteiger partial charge in [-0.25, -0.2) is 4.98 Å². The van der Waals surface area contributed by atoms with Gasteiger partial charge < -0.3 is 46.1 Å². The maximum absolute atomic E-state index is 11.1. The van der Waals surface area contributed by atoms with Crippen LogP contribution >= 0.6 is 0 Å². The van der Waals surface area contributed by atoms with Crippen molar-refractivity contribution in [3.8, 4) is 23.3 Å². The van der Waals surface area contributed by atoms with E-state index in [-0.39, 0.29) is 29.9 Å². The first-order valence-electron chi connectivity index (χ1n) is 16.3. The van der Waals surface area contributed by atoms with Gasteiger partial charge in [-0.1, -0.05) is 24.8 Å². The molecule has 9 N–H and O–H groups in total. The summed E-state index contributed by atoms with van der Waals surface area (Å²) < 4.78 is 6.21. The molecule has 46 heavy (non-hydrogen) atoms. The standard InChI is InChI=1S/C36H49N3O7/c37-36-22-26(14-17-39-36)27(20-28-7-4-16-38-28)21-35(33(45)23-41)46-34-19-25(11-13-32(34)44)10-12-31(43)29-8-3-6-24(15-18-40)5-1-2-9-30(29)42/h4,7,11,13-14,16-17,19,22,24,27,29-31,33,35,38,40-45H,1-2,5,8-10,12,15,18,20-21,23H2,(H2,37,39)/t24-,27-,29-,30-,31+,33+,35-/m0/s1. The molecule has 2 aromatic heterocycles. The van der Waals surface area contributed by atoms with E-state index in [1.54, 1.807) is 24.4 Å². The molecular weight excluding hydrogens is 586 g/mol. The van der Waals surface area contributed by atoms with Crippen LogP contribution < -0.4 is 10.5 Å². The number of aliphatic hydroxyl groups excluding tert-OH is 5. The molecule has 1 aliphatic carbocycles. The van der Waals surface area contributed by atoms with Gasteiger partial charge in [0, 0.05) is 43.0 Å². The van der Waals surface area contributed by atoms with E-state index in [9.17, 15) is 30.6 Å². The van der Waals surface area contributed by atoms with Crippen LogP contribution in [0.5, 0.6) is 11.5 Å². The highest BCUT2D eigenvalue weighted by atomic mass is 16.5. The van der Waals surface area contributed by atoms with Gasteiger partial charge in [-0.05, 0) is 98.4 Å².